The SMILES string of the molecule is Cl.O=C(CN1CCCNS1(=O)=O)NC1C2CC3CC(C2)CC1C3. The lowest BCUT2D eigenvalue weighted by Crippen LogP contribution is -2.58. The first-order valence-corrected chi connectivity index (χ1v) is 9.99. The van der Waals surface area contributed by atoms with Gasteiger partial charge in [-0.05, 0) is 62.2 Å². The summed E-state index contributed by atoms with van der Waals surface area (Å²) in [6.07, 6.45) is 7.15. The summed E-state index contributed by atoms with van der Waals surface area (Å²) in [6.45, 7) is 0.860. The molecule has 0 unspecified atom stereocenters. The van der Waals surface area contributed by atoms with Crippen LogP contribution in [0.2, 0.25) is 0 Å². The van der Waals surface area contributed by atoms with Crippen LogP contribution in [0.4, 0.5) is 0 Å². The summed E-state index contributed by atoms with van der Waals surface area (Å²) >= 11 is 0. The molecule has 0 aromatic heterocycles. The van der Waals surface area contributed by atoms with Gasteiger partial charge in [-0.15, -0.1) is 12.4 Å². The summed E-state index contributed by atoms with van der Waals surface area (Å²) in [4.78, 5) is 12.3. The first kappa shape index (κ1) is 17.5. The number of nitrogens with one attached hydrogen (secondary N) is 2. The summed E-state index contributed by atoms with van der Waals surface area (Å²) in [5.74, 6) is 2.86. The number of amides is 1. The standard InChI is InChI=1S/C15H25N3O3S.ClH/c19-14(9-18-3-1-2-16-22(18,20)21)17-15-12-5-10-4-11(7-12)8-13(15)6-10;/h10-13,15-16H,1-9H2,(H,17,19);1H. The van der Waals surface area contributed by atoms with E-state index in [0.717, 1.165) is 18.3 Å². The van der Waals surface area contributed by atoms with E-state index in [1.54, 1.807) is 0 Å². The molecule has 1 heterocycles. The Morgan fingerprint density at radius 2 is 1.70 bits per heavy atom. The molecule has 1 aliphatic heterocycles. The second kappa shape index (κ2) is 6.50. The lowest BCUT2D eigenvalue weighted by molar-refractivity contribution is -0.125. The normalized spacial score (nSPS) is 41.3. The number of carbonyl (C=O) groups excluding carboxylic acids is 1. The highest BCUT2D eigenvalue weighted by Gasteiger charge is 2.48. The van der Waals surface area contributed by atoms with Crippen molar-refractivity contribution in [3.8, 4) is 0 Å². The first-order chi connectivity index (χ1) is 10.5. The number of carbonyl (C=O) groups is 1. The smallest absolute Gasteiger partial charge is 0.279 e. The number of hydrogen-bond donors (Lipinski definition) is 2. The molecule has 6 nitrogen and oxygen atoms in total. The van der Waals surface area contributed by atoms with Crippen LogP contribution in [0.15, 0.2) is 0 Å². The largest absolute Gasteiger partial charge is 0.352 e. The Hall–Kier alpha value is -0.370. The molecule has 2 N–H and O–H groups in total. The molecular weight excluding hydrogens is 338 g/mol. The van der Waals surface area contributed by atoms with Gasteiger partial charge in [-0.3, -0.25) is 4.79 Å². The molecule has 4 aliphatic carbocycles. The van der Waals surface area contributed by atoms with Gasteiger partial charge in [0.25, 0.3) is 10.2 Å². The zero-order valence-electron chi connectivity index (χ0n) is 13.2. The minimum atomic E-state index is -3.46. The van der Waals surface area contributed by atoms with E-state index in [1.807, 2.05) is 0 Å². The van der Waals surface area contributed by atoms with Gasteiger partial charge in [-0.2, -0.15) is 12.7 Å². The number of nitrogens with zero attached hydrogens (tertiary/aromatic N) is 1. The molecule has 1 amide bonds. The molecule has 0 aromatic rings. The van der Waals surface area contributed by atoms with Crippen LogP contribution in [0, 0.1) is 23.7 Å². The van der Waals surface area contributed by atoms with E-state index in [9.17, 15) is 13.2 Å². The Kier molecular flexibility index (Phi) is 4.93. The molecule has 23 heavy (non-hydrogen) atoms. The maximum Gasteiger partial charge on any atom is 0.279 e. The Morgan fingerprint density at radius 1 is 1.09 bits per heavy atom. The molecule has 1 saturated heterocycles. The first-order valence-electron chi connectivity index (χ1n) is 8.55. The van der Waals surface area contributed by atoms with E-state index in [0.29, 0.717) is 24.9 Å². The van der Waals surface area contributed by atoms with E-state index in [1.165, 1.54) is 36.4 Å². The second-order valence-corrected chi connectivity index (χ2v) is 9.37. The van der Waals surface area contributed by atoms with Crippen LogP contribution in [0.1, 0.15) is 38.5 Å². The lowest BCUT2D eigenvalue weighted by atomic mass is 9.54. The summed E-state index contributed by atoms with van der Waals surface area (Å²) < 4.78 is 27.5. The van der Waals surface area contributed by atoms with Crippen molar-refractivity contribution in [3.63, 3.8) is 0 Å². The highest BCUT2D eigenvalue weighted by atomic mass is 35.5. The Bertz CT molecular complexity index is 540. The van der Waals surface area contributed by atoms with Crippen molar-refractivity contribution in [1.82, 2.24) is 14.3 Å². The monoisotopic (exact) mass is 363 g/mol. The van der Waals surface area contributed by atoms with Gasteiger partial charge in [-0.1, -0.05) is 0 Å². The number of hydrogen-bond acceptors (Lipinski definition) is 3. The van der Waals surface area contributed by atoms with E-state index >= 15 is 0 Å². The average Bonchev–Trinajstić information content (AvgIpc) is 2.44. The molecule has 132 valence electrons. The maximum absolute atomic E-state index is 12.3. The molecule has 8 heteroatoms. The summed E-state index contributed by atoms with van der Waals surface area (Å²) in [5.41, 5.74) is 0. The van der Waals surface area contributed by atoms with Gasteiger partial charge in [0.05, 0.1) is 6.54 Å². The fraction of sp³-hybridized carbons (Fsp3) is 0.933. The van der Waals surface area contributed by atoms with E-state index in [4.69, 9.17) is 0 Å². The Balaban J connectivity index is 0.00000156. The molecule has 5 fully saturated rings. The van der Waals surface area contributed by atoms with Crippen molar-refractivity contribution in [2.45, 2.75) is 44.6 Å². The molecule has 0 aromatic carbocycles. The van der Waals surface area contributed by atoms with Crippen molar-refractivity contribution in [2.24, 2.45) is 23.7 Å². The molecule has 4 saturated carbocycles. The van der Waals surface area contributed by atoms with Crippen LogP contribution < -0.4 is 10.0 Å². The van der Waals surface area contributed by atoms with Gasteiger partial charge in [0, 0.05) is 19.1 Å². The quantitative estimate of drug-likeness (QED) is 0.781. The third kappa shape index (κ3) is 3.38. The van der Waals surface area contributed by atoms with Crippen LogP contribution >= 0.6 is 12.4 Å². The van der Waals surface area contributed by atoms with Gasteiger partial charge in [0.1, 0.15) is 0 Å². The van der Waals surface area contributed by atoms with Crippen molar-refractivity contribution >= 4 is 28.5 Å². The molecule has 5 rings (SSSR count). The predicted octanol–water partition coefficient (Wildman–Crippen LogP) is 0.889. The lowest BCUT2D eigenvalue weighted by Gasteiger charge is -2.54. The zero-order chi connectivity index (χ0) is 15.3. The predicted molar refractivity (Wildman–Crippen MR) is 89.3 cm³/mol. The minimum absolute atomic E-state index is 0. The third-order valence-corrected chi connectivity index (χ3v) is 7.64. The van der Waals surface area contributed by atoms with Crippen molar-refractivity contribution in [1.29, 1.82) is 0 Å². The van der Waals surface area contributed by atoms with Gasteiger partial charge in [-0.25, -0.2) is 4.72 Å². The minimum Gasteiger partial charge on any atom is -0.352 e. The zero-order valence-corrected chi connectivity index (χ0v) is 14.9. The van der Waals surface area contributed by atoms with Crippen molar-refractivity contribution in [3.05, 3.63) is 0 Å². The Labute approximate surface area is 144 Å². The van der Waals surface area contributed by atoms with Gasteiger partial charge < -0.3 is 5.32 Å². The third-order valence-electron chi connectivity index (χ3n) is 6.08. The Morgan fingerprint density at radius 3 is 2.26 bits per heavy atom. The van der Waals surface area contributed by atoms with Crippen LogP contribution in [-0.2, 0) is 15.0 Å². The summed E-state index contributed by atoms with van der Waals surface area (Å²) in [6, 6.07) is 0.278. The highest BCUT2D eigenvalue weighted by molar-refractivity contribution is 7.87. The average molecular weight is 364 g/mol. The fourth-order valence-electron chi connectivity index (χ4n) is 5.38. The van der Waals surface area contributed by atoms with Crippen LogP contribution in [0.25, 0.3) is 0 Å². The molecule has 5 aliphatic rings. The maximum atomic E-state index is 12.3. The number of rotatable bonds is 3. The van der Waals surface area contributed by atoms with E-state index in [-0.39, 0.29) is 30.9 Å². The highest BCUT2D eigenvalue weighted by Crippen LogP contribution is 2.53. The molecule has 0 atom stereocenters. The summed E-state index contributed by atoms with van der Waals surface area (Å²) in [7, 11) is -3.46. The van der Waals surface area contributed by atoms with Crippen molar-refractivity contribution < 1.29 is 13.2 Å². The van der Waals surface area contributed by atoms with Crippen LogP contribution in [-0.4, -0.2) is 44.3 Å². The van der Waals surface area contributed by atoms with Crippen LogP contribution in [0.3, 0.4) is 0 Å². The molecular formula is C15H26ClN3O3S. The van der Waals surface area contributed by atoms with Gasteiger partial charge >= 0.3 is 0 Å². The molecule has 0 spiro atoms. The van der Waals surface area contributed by atoms with Crippen molar-refractivity contribution in [2.75, 3.05) is 19.6 Å². The van der Waals surface area contributed by atoms with E-state index in [2.05, 4.69) is 10.0 Å². The molecule has 0 radical (unpaired) electrons. The fourth-order valence-corrected chi connectivity index (χ4v) is 6.63. The molecule has 4 bridgehead atoms. The van der Waals surface area contributed by atoms with Gasteiger partial charge in [0.2, 0.25) is 5.91 Å². The second-order valence-electron chi connectivity index (χ2n) is 7.61. The van der Waals surface area contributed by atoms with E-state index < -0.39 is 10.2 Å². The summed E-state index contributed by atoms with van der Waals surface area (Å²) in [5, 5.41) is 3.17. The van der Waals surface area contributed by atoms with Crippen LogP contribution in [0.5, 0.6) is 0 Å². The number of halogens is 1. The topological polar surface area (TPSA) is 78.5 Å². The van der Waals surface area contributed by atoms with Gasteiger partial charge in [0.15, 0.2) is 0 Å².